The Morgan fingerprint density at radius 1 is 1.42 bits per heavy atom. The second kappa shape index (κ2) is 7.07. The zero-order chi connectivity index (χ0) is 14.4. The fraction of sp³-hybridized carbons (Fsp3) is 0.643. The minimum absolute atomic E-state index is 0.101. The molecule has 0 radical (unpaired) electrons. The monoisotopic (exact) mass is 264 g/mol. The Hall–Kier alpha value is -1.65. The molecule has 1 heterocycles. The van der Waals surface area contributed by atoms with Crippen molar-refractivity contribution in [1.82, 2.24) is 15.3 Å². The molecule has 1 amide bonds. The average molecular weight is 264 g/mol. The fourth-order valence-electron chi connectivity index (χ4n) is 1.71. The van der Waals surface area contributed by atoms with Gasteiger partial charge in [0.1, 0.15) is 17.3 Å². The molecule has 0 fully saturated rings. The molecule has 0 unspecified atom stereocenters. The quantitative estimate of drug-likeness (QED) is 0.855. The molecule has 5 nitrogen and oxygen atoms in total. The van der Waals surface area contributed by atoms with E-state index < -0.39 is 0 Å². The van der Waals surface area contributed by atoms with Crippen molar-refractivity contribution in [3.05, 3.63) is 17.6 Å². The molecule has 19 heavy (non-hydrogen) atoms. The van der Waals surface area contributed by atoms with Gasteiger partial charge in [-0.2, -0.15) is 0 Å². The highest BCUT2D eigenvalue weighted by Crippen LogP contribution is 2.12. The Bertz CT molecular complexity index is 431. The SMILES string of the molecule is CCCCN(C)c1cc(C(=O)NC(C)C)nc(C)n1. The van der Waals surface area contributed by atoms with Gasteiger partial charge in [-0.05, 0) is 27.2 Å². The predicted molar refractivity (Wildman–Crippen MR) is 77.5 cm³/mol. The van der Waals surface area contributed by atoms with Gasteiger partial charge in [0.15, 0.2) is 0 Å². The molecule has 1 rings (SSSR count). The highest BCUT2D eigenvalue weighted by molar-refractivity contribution is 5.93. The van der Waals surface area contributed by atoms with Gasteiger partial charge >= 0.3 is 0 Å². The summed E-state index contributed by atoms with van der Waals surface area (Å²) in [5, 5.41) is 2.85. The van der Waals surface area contributed by atoms with Crippen molar-refractivity contribution in [2.75, 3.05) is 18.5 Å². The second-order valence-corrected chi connectivity index (χ2v) is 5.06. The van der Waals surface area contributed by atoms with Gasteiger partial charge in [0, 0.05) is 25.7 Å². The first-order valence-electron chi connectivity index (χ1n) is 6.81. The number of unbranched alkanes of at least 4 members (excludes halogenated alkanes) is 1. The van der Waals surface area contributed by atoms with Crippen molar-refractivity contribution >= 4 is 11.7 Å². The van der Waals surface area contributed by atoms with Gasteiger partial charge in [-0.25, -0.2) is 9.97 Å². The summed E-state index contributed by atoms with van der Waals surface area (Å²) in [7, 11) is 1.99. The van der Waals surface area contributed by atoms with Gasteiger partial charge in [0.25, 0.3) is 5.91 Å². The van der Waals surface area contributed by atoms with E-state index in [0.29, 0.717) is 11.5 Å². The maximum atomic E-state index is 12.0. The molecular weight excluding hydrogens is 240 g/mol. The topological polar surface area (TPSA) is 58.1 Å². The average Bonchev–Trinajstić information content (AvgIpc) is 2.34. The maximum Gasteiger partial charge on any atom is 0.270 e. The zero-order valence-corrected chi connectivity index (χ0v) is 12.5. The fourth-order valence-corrected chi connectivity index (χ4v) is 1.71. The van der Waals surface area contributed by atoms with Crippen LogP contribution in [-0.2, 0) is 0 Å². The van der Waals surface area contributed by atoms with Crippen LogP contribution in [0, 0.1) is 6.92 Å². The Labute approximate surface area is 115 Å². The third-order valence-corrected chi connectivity index (χ3v) is 2.72. The summed E-state index contributed by atoms with van der Waals surface area (Å²) >= 11 is 0. The van der Waals surface area contributed by atoms with E-state index in [1.807, 2.05) is 27.8 Å². The van der Waals surface area contributed by atoms with E-state index in [0.717, 1.165) is 25.2 Å². The normalized spacial score (nSPS) is 10.6. The van der Waals surface area contributed by atoms with Gasteiger partial charge in [-0.1, -0.05) is 13.3 Å². The summed E-state index contributed by atoms with van der Waals surface area (Å²) in [6.45, 7) is 8.75. The van der Waals surface area contributed by atoms with Crippen LogP contribution in [0.25, 0.3) is 0 Å². The second-order valence-electron chi connectivity index (χ2n) is 5.06. The number of hydrogen-bond donors (Lipinski definition) is 1. The molecule has 0 aliphatic rings. The molecule has 1 aromatic rings. The van der Waals surface area contributed by atoms with Crippen molar-refractivity contribution < 1.29 is 4.79 Å². The lowest BCUT2D eigenvalue weighted by atomic mass is 10.3. The van der Waals surface area contributed by atoms with Crippen LogP contribution in [0.2, 0.25) is 0 Å². The molecule has 0 saturated carbocycles. The number of rotatable bonds is 6. The van der Waals surface area contributed by atoms with E-state index >= 15 is 0 Å². The van der Waals surface area contributed by atoms with Crippen LogP contribution in [0.15, 0.2) is 6.07 Å². The van der Waals surface area contributed by atoms with Crippen molar-refractivity contribution in [3.63, 3.8) is 0 Å². The number of aryl methyl sites for hydroxylation is 1. The van der Waals surface area contributed by atoms with E-state index in [1.54, 1.807) is 6.07 Å². The largest absolute Gasteiger partial charge is 0.360 e. The van der Waals surface area contributed by atoms with Crippen LogP contribution in [0.3, 0.4) is 0 Å². The summed E-state index contributed by atoms with van der Waals surface area (Å²) < 4.78 is 0. The number of nitrogens with one attached hydrogen (secondary N) is 1. The molecular formula is C14H24N4O. The lowest BCUT2D eigenvalue weighted by Gasteiger charge is -2.18. The smallest absolute Gasteiger partial charge is 0.270 e. The Morgan fingerprint density at radius 3 is 2.68 bits per heavy atom. The number of carbonyl (C=O) groups is 1. The van der Waals surface area contributed by atoms with Crippen LogP contribution in [0.1, 0.15) is 49.9 Å². The van der Waals surface area contributed by atoms with Crippen LogP contribution in [0.4, 0.5) is 5.82 Å². The van der Waals surface area contributed by atoms with E-state index in [4.69, 9.17) is 0 Å². The van der Waals surface area contributed by atoms with Crippen molar-refractivity contribution in [2.45, 2.75) is 46.6 Å². The predicted octanol–water partition coefficient (Wildman–Crippen LogP) is 2.16. The number of aromatic nitrogens is 2. The molecule has 5 heteroatoms. The number of hydrogen-bond acceptors (Lipinski definition) is 4. The van der Waals surface area contributed by atoms with Gasteiger partial charge in [0.2, 0.25) is 0 Å². The highest BCUT2D eigenvalue weighted by atomic mass is 16.1. The van der Waals surface area contributed by atoms with Gasteiger partial charge in [-0.15, -0.1) is 0 Å². The van der Waals surface area contributed by atoms with E-state index in [2.05, 4.69) is 27.1 Å². The first-order chi connectivity index (χ1) is 8.93. The summed E-state index contributed by atoms with van der Waals surface area (Å²) in [5.41, 5.74) is 0.430. The minimum atomic E-state index is -0.148. The van der Waals surface area contributed by atoms with Crippen LogP contribution in [0.5, 0.6) is 0 Å². The molecule has 0 aliphatic heterocycles. The zero-order valence-electron chi connectivity index (χ0n) is 12.5. The third kappa shape index (κ3) is 4.85. The van der Waals surface area contributed by atoms with Crippen molar-refractivity contribution in [3.8, 4) is 0 Å². The first-order valence-corrected chi connectivity index (χ1v) is 6.81. The molecule has 0 aliphatic carbocycles. The molecule has 1 aromatic heterocycles. The molecule has 0 atom stereocenters. The Kier molecular flexibility index (Phi) is 5.73. The van der Waals surface area contributed by atoms with Crippen LogP contribution >= 0.6 is 0 Å². The Morgan fingerprint density at radius 2 is 2.11 bits per heavy atom. The van der Waals surface area contributed by atoms with E-state index in [9.17, 15) is 4.79 Å². The highest BCUT2D eigenvalue weighted by Gasteiger charge is 2.13. The summed E-state index contributed by atoms with van der Waals surface area (Å²) in [5.74, 6) is 1.27. The lowest BCUT2D eigenvalue weighted by Crippen LogP contribution is -2.31. The van der Waals surface area contributed by atoms with Crippen LogP contribution < -0.4 is 10.2 Å². The van der Waals surface area contributed by atoms with Gasteiger partial charge in [0.05, 0.1) is 0 Å². The van der Waals surface area contributed by atoms with E-state index in [1.165, 1.54) is 0 Å². The van der Waals surface area contributed by atoms with E-state index in [-0.39, 0.29) is 11.9 Å². The standard InChI is InChI=1S/C14H24N4O/c1-6-7-8-18(5)13-9-12(16-11(4)17-13)14(19)15-10(2)3/h9-10H,6-8H2,1-5H3,(H,15,19). The molecule has 0 bridgehead atoms. The molecule has 0 saturated heterocycles. The molecule has 106 valence electrons. The number of anilines is 1. The van der Waals surface area contributed by atoms with Crippen molar-refractivity contribution in [2.24, 2.45) is 0 Å². The van der Waals surface area contributed by atoms with Gasteiger partial charge in [-0.3, -0.25) is 4.79 Å². The first kappa shape index (κ1) is 15.4. The number of nitrogens with zero attached hydrogens (tertiary/aromatic N) is 3. The third-order valence-electron chi connectivity index (χ3n) is 2.72. The molecule has 0 aromatic carbocycles. The number of amides is 1. The summed E-state index contributed by atoms with van der Waals surface area (Å²) in [6.07, 6.45) is 2.24. The van der Waals surface area contributed by atoms with Crippen molar-refractivity contribution in [1.29, 1.82) is 0 Å². The molecule has 1 N–H and O–H groups in total. The maximum absolute atomic E-state index is 12.0. The molecule has 0 spiro atoms. The summed E-state index contributed by atoms with van der Waals surface area (Å²) in [6, 6.07) is 1.85. The van der Waals surface area contributed by atoms with Crippen LogP contribution in [-0.4, -0.2) is 35.5 Å². The summed E-state index contributed by atoms with van der Waals surface area (Å²) in [4.78, 5) is 22.6. The van der Waals surface area contributed by atoms with Gasteiger partial charge < -0.3 is 10.2 Å². The lowest BCUT2D eigenvalue weighted by molar-refractivity contribution is 0.0937. The minimum Gasteiger partial charge on any atom is -0.360 e. The Balaban J connectivity index is 2.90. The number of carbonyl (C=O) groups excluding carboxylic acids is 1.